The first-order valence-electron chi connectivity index (χ1n) is 11.8. The average molecular weight is 435 g/mol. The van der Waals surface area contributed by atoms with E-state index in [1.54, 1.807) is 11.9 Å². The molecule has 0 N–H and O–H groups in total. The van der Waals surface area contributed by atoms with E-state index < -0.39 is 0 Å². The van der Waals surface area contributed by atoms with Crippen LogP contribution < -0.4 is 0 Å². The van der Waals surface area contributed by atoms with Crippen molar-refractivity contribution in [2.75, 3.05) is 52.9 Å². The highest BCUT2D eigenvalue weighted by atomic mass is 16.2. The van der Waals surface area contributed by atoms with Crippen molar-refractivity contribution in [3.63, 3.8) is 0 Å². The molecule has 0 aliphatic carbocycles. The lowest BCUT2D eigenvalue weighted by atomic mass is 10.1. The largest absolute Gasteiger partial charge is 0.343 e. The fourth-order valence-electron chi connectivity index (χ4n) is 4.52. The van der Waals surface area contributed by atoms with Crippen LogP contribution in [0.3, 0.4) is 0 Å². The second-order valence-electron chi connectivity index (χ2n) is 8.83. The maximum atomic E-state index is 12.7. The van der Waals surface area contributed by atoms with Crippen LogP contribution in [-0.2, 0) is 6.54 Å². The van der Waals surface area contributed by atoms with Gasteiger partial charge in [0.25, 0.3) is 5.91 Å². The van der Waals surface area contributed by atoms with Crippen molar-refractivity contribution in [1.29, 1.82) is 0 Å². The number of carbonyl (C=O) groups is 2. The van der Waals surface area contributed by atoms with Crippen molar-refractivity contribution in [3.05, 3.63) is 65.5 Å². The third kappa shape index (κ3) is 5.56. The summed E-state index contributed by atoms with van der Waals surface area (Å²) in [6.07, 6.45) is 8.87. The maximum absolute atomic E-state index is 12.7. The number of nitrogens with zero attached hydrogens (tertiary/aromatic N) is 4. The number of ketones is 1. The summed E-state index contributed by atoms with van der Waals surface area (Å²) in [5.74, 6) is 0.0428. The molecule has 6 nitrogen and oxygen atoms in total. The van der Waals surface area contributed by atoms with Crippen LogP contribution in [0.15, 0.2) is 48.7 Å². The molecule has 1 fully saturated rings. The SMILES string of the molecule is CN1CCC(=O)c2ccn(CCCCN3CCN(C/C=C/c4ccccc4)CC3)c2C1=O. The Morgan fingerprint density at radius 2 is 1.59 bits per heavy atom. The van der Waals surface area contributed by atoms with Gasteiger partial charge in [0.2, 0.25) is 0 Å². The first-order chi connectivity index (χ1) is 15.6. The number of unbranched alkanes of at least 4 members (excludes halogenated alkanes) is 1. The lowest BCUT2D eigenvalue weighted by Gasteiger charge is -2.34. The topological polar surface area (TPSA) is 48.8 Å². The molecule has 1 saturated heterocycles. The first-order valence-corrected chi connectivity index (χ1v) is 11.8. The Kier molecular flexibility index (Phi) is 7.55. The van der Waals surface area contributed by atoms with Crippen LogP contribution in [0.5, 0.6) is 0 Å². The number of Topliss-reactive ketones (excluding diaryl/α,β-unsaturated/α-hetero) is 1. The summed E-state index contributed by atoms with van der Waals surface area (Å²) in [6, 6.07) is 12.3. The third-order valence-electron chi connectivity index (χ3n) is 6.55. The van der Waals surface area contributed by atoms with E-state index in [-0.39, 0.29) is 11.7 Å². The molecule has 0 atom stereocenters. The van der Waals surface area contributed by atoms with Gasteiger partial charge in [0.05, 0.1) is 0 Å². The summed E-state index contributed by atoms with van der Waals surface area (Å²) in [4.78, 5) is 31.7. The smallest absolute Gasteiger partial charge is 0.270 e. The van der Waals surface area contributed by atoms with E-state index in [1.165, 1.54) is 5.56 Å². The Bertz CT molecular complexity index is 942. The van der Waals surface area contributed by atoms with Gasteiger partial charge in [-0.15, -0.1) is 0 Å². The van der Waals surface area contributed by atoms with Crippen molar-refractivity contribution in [2.24, 2.45) is 0 Å². The number of piperazine rings is 1. The van der Waals surface area contributed by atoms with Crippen molar-refractivity contribution in [1.82, 2.24) is 19.3 Å². The van der Waals surface area contributed by atoms with Gasteiger partial charge in [-0.05, 0) is 31.0 Å². The van der Waals surface area contributed by atoms with Gasteiger partial charge in [-0.3, -0.25) is 14.5 Å². The highest BCUT2D eigenvalue weighted by molar-refractivity contribution is 6.08. The number of aryl methyl sites for hydroxylation is 1. The molecule has 170 valence electrons. The van der Waals surface area contributed by atoms with E-state index in [9.17, 15) is 9.59 Å². The van der Waals surface area contributed by atoms with Gasteiger partial charge in [-0.1, -0.05) is 42.5 Å². The van der Waals surface area contributed by atoms with Crippen LogP contribution in [0.4, 0.5) is 0 Å². The maximum Gasteiger partial charge on any atom is 0.270 e. The Hall–Kier alpha value is -2.70. The quantitative estimate of drug-likeness (QED) is 0.599. The molecule has 0 bridgehead atoms. The number of hydrogen-bond acceptors (Lipinski definition) is 4. The zero-order valence-electron chi connectivity index (χ0n) is 19.1. The van der Waals surface area contributed by atoms with Crippen LogP contribution in [0.2, 0.25) is 0 Å². The molecule has 0 saturated carbocycles. The monoisotopic (exact) mass is 434 g/mol. The Labute approximate surface area is 191 Å². The van der Waals surface area contributed by atoms with Gasteiger partial charge in [-0.2, -0.15) is 0 Å². The van der Waals surface area contributed by atoms with Crippen molar-refractivity contribution >= 4 is 17.8 Å². The summed E-state index contributed by atoms with van der Waals surface area (Å²) < 4.78 is 1.98. The van der Waals surface area contributed by atoms with Gasteiger partial charge in [0.15, 0.2) is 5.78 Å². The molecule has 0 unspecified atom stereocenters. The summed E-state index contributed by atoms with van der Waals surface area (Å²) in [5.41, 5.74) is 2.42. The molecule has 1 amide bonds. The molecule has 2 aromatic rings. The summed E-state index contributed by atoms with van der Waals surface area (Å²) in [6.45, 7) is 7.80. The van der Waals surface area contributed by atoms with E-state index in [2.05, 4.69) is 46.2 Å². The standard InChI is InChI=1S/C26H34N4O2/c1-27-16-12-24(31)23-11-17-30(25(23)26(27)32)15-6-5-13-28-18-20-29(21-19-28)14-7-10-22-8-3-2-4-9-22/h2-4,7-11,17H,5-6,12-16,18-21H2,1H3/b10-7+. The van der Waals surface area contributed by atoms with Gasteiger partial charge in [0.1, 0.15) is 5.69 Å². The Morgan fingerprint density at radius 3 is 2.38 bits per heavy atom. The molecule has 2 aliphatic rings. The lowest BCUT2D eigenvalue weighted by Crippen LogP contribution is -2.46. The van der Waals surface area contributed by atoms with Gasteiger partial charge < -0.3 is 14.4 Å². The zero-order valence-corrected chi connectivity index (χ0v) is 19.1. The predicted octanol–water partition coefficient (Wildman–Crippen LogP) is 3.26. The van der Waals surface area contributed by atoms with Crippen LogP contribution >= 0.6 is 0 Å². The minimum Gasteiger partial charge on any atom is -0.343 e. The molecular formula is C26H34N4O2. The molecule has 4 rings (SSSR count). The van der Waals surface area contributed by atoms with E-state index in [1.807, 2.05) is 22.9 Å². The van der Waals surface area contributed by atoms with Crippen molar-refractivity contribution < 1.29 is 9.59 Å². The first kappa shape index (κ1) is 22.5. The molecule has 1 aromatic heterocycles. The van der Waals surface area contributed by atoms with Crippen LogP contribution in [0.1, 0.15) is 45.7 Å². The summed E-state index contributed by atoms with van der Waals surface area (Å²) >= 11 is 0. The third-order valence-corrected chi connectivity index (χ3v) is 6.55. The second kappa shape index (κ2) is 10.7. The fourth-order valence-corrected chi connectivity index (χ4v) is 4.52. The molecule has 0 radical (unpaired) electrons. The number of rotatable bonds is 8. The highest BCUT2D eigenvalue weighted by Gasteiger charge is 2.28. The molecule has 1 aromatic carbocycles. The minimum atomic E-state index is -0.0340. The van der Waals surface area contributed by atoms with E-state index in [4.69, 9.17) is 0 Å². The molecule has 6 heteroatoms. The van der Waals surface area contributed by atoms with Gasteiger partial charge in [0, 0.05) is 71.0 Å². The number of aromatic nitrogens is 1. The van der Waals surface area contributed by atoms with Crippen LogP contribution in [0.25, 0.3) is 6.08 Å². The summed E-state index contributed by atoms with van der Waals surface area (Å²) in [5, 5.41) is 0. The molecule has 2 aliphatic heterocycles. The second-order valence-corrected chi connectivity index (χ2v) is 8.83. The lowest BCUT2D eigenvalue weighted by molar-refractivity contribution is 0.0787. The van der Waals surface area contributed by atoms with E-state index >= 15 is 0 Å². The Balaban J connectivity index is 1.17. The van der Waals surface area contributed by atoms with Crippen LogP contribution in [0, 0.1) is 0 Å². The van der Waals surface area contributed by atoms with Crippen molar-refractivity contribution in [2.45, 2.75) is 25.8 Å². The van der Waals surface area contributed by atoms with Crippen molar-refractivity contribution in [3.8, 4) is 0 Å². The molecule has 3 heterocycles. The van der Waals surface area contributed by atoms with E-state index in [0.717, 1.165) is 58.7 Å². The molecule has 32 heavy (non-hydrogen) atoms. The Morgan fingerprint density at radius 1 is 0.875 bits per heavy atom. The normalized spacial score (nSPS) is 18.3. The molecule has 0 spiro atoms. The zero-order chi connectivity index (χ0) is 22.3. The molecular weight excluding hydrogens is 400 g/mol. The number of fused-ring (bicyclic) bond motifs is 1. The van der Waals surface area contributed by atoms with Crippen LogP contribution in [-0.4, -0.2) is 83.8 Å². The van der Waals surface area contributed by atoms with E-state index in [0.29, 0.717) is 24.2 Å². The summed E-state index contributed by atoms with van der Waals surface area (Å²) in [7, 11) is 1.78. The average Bonchev–Trinajstić information content (AvgIpc) is 3.21. The number of carbonyl (C=O) groups excluding carboxylic acids is 2. The van der Waals surface area contributed by atoms with Gasteiger partial charge >= 0.3 is 0 Å². The highest BCUT2D eigenvalue weighted by Crippen LogP contribution is 2.20. The number of amides is 1. The fraction of sp³-hybridized carbons (Fsp3) is 0.462. The number of benzene rings is 1. The number of hydrogen-bond donors (Lipinski definition) is 0. The van der Waals surface area contributed by atoms with Gasteiger partial charge in [-0.25, -0.2) is 0 Å². The predicted molar refractivity (Wildman–Crippen MR) is 128 cm³/mol. The minimum absolute atomic E-state index is 0.0340.